The zero-order valence-electron chi connectivity index (χ0n) is 20.5. The van der Waals surface area contributed by atoms with Crippen LogP contribution in [0, 0.1) is 0 Å². The van der Waals surface area contributed by atoms with Gasteiger partial charge in [-0.05, 0) is 29.8 Å². The van der Waals surface area contributed by atoms with Gasteiger partial charge >= 0.3 is 0 Å². The second-order valence-electron chi connectivity index (χ2n) is 8.84. The summed E-state index contributed by atoms with van der Waals surface area (Å²) in [6.45, 7) is 2.95. The average Bonchev–Trinajstić information content (AvgIpc) is 3.40. The number of carbonyl (C=O) groups excluding carboxylic acids is 1. The number of rotatable bonds is 7. The summed E-state index contributed by atoms with van der Waals surface area (Å²) >= 11 is 0. The second-order valence-corrected chi connectivity index (χ2v) is 8.84. The van der Waals surface area contributed by atoms with Gasteiger partial charge in [-0.15, -0.1) is 0 Å². The minimum Gasteiger partial charge on any atom is -0.507 e. The molecule has 0 radical (unpaired) electrons. The number of para-hydroxylation sites is 1. The monoisotopic (exact) mass is 490 g/mol. The maximum atomic E-state index is 13.6. The van der Waals surface area contributed by atoms with Crippen molar-refractivity contribution in [1.29, 1.82) is 0 Å². The molecule has 1 N–H and O–H groups in total. The van der Waals surface area contributed by atoms with Gasteiger partial charge in [0.1, 0.15) is 17.2 Å². The van der Waals surface area contributed by atoms with E-state index >= 15 is 0 Å². The molecule has 2 aliphatic heterocycles. The smallest absolute Gasteiger partial charge is 0.231 e. The molecule has 8 heteroatoms. The van der Waals surface area contributed by atoms with E-state index < -0.39 is 5.92 Å². The Morgan fingerprint density at radius 1 is 0.944 bits per heavy atom. The Morgan fingerprint density at radius 3 is 2.42 bits per heavy atom. The van der Waals surface area contributed by atoms with Crippen LogP contribution in [0.3, 0.4) is 0 Å². The third-order valence-electron chi connectivity index (χ3n) is 6.83. The van der Waals surface area contributed by atoms with Gasteiger partial charge in [-0.25, -0.2) is 0 Å². The van der Waals surface area contributed by atoms with Gasteiger partial charge < -0.3 is 33.9 Å². The lowest BCUT2D eigenvalue weighted by molar-refractivity contribution is -0.131. The summed E-state index contributed by atoms with van der Waals surface area (Å²) in [5.74, 6) is 1.77. The number of phenols is 1. The van der Waals surface area contributed by atoms with Gasteiger partial charge in [-0.2, -0.15) is 0 Å². The van der Waals surface area contributed by atoms with Gasteiger partial charge in [-0.1, -0.05) is 24.3 Å². The molecular weight excluding hydrogens is 460 g/mol. The Balaban J connectivity index is 1.42. The van der Waals surface area contributed by atoms with Crippen molar-refractivity contribution in [3.63, 3.8) is 0 Å². The molecule has 188 valence electrons. The van der Waals surface area contributed by atoms with Crippen molar-refractivity contribution in [2.75, 3.05) is 52.1 Å². The summed E-state index contributed by atoms with van der Waals surface area (Å²) in [7, 11) is 3.07. The van der Waals surface area contributed by atoms with Crippen LogP contribution in [0.1, 0.15) is 23.5 Å². The Kier molecular flexibility index (Phi) is 6.75. The van der Waals surface area contributed by atoms with E-state index in [-0.39, 0.29) is 24.9 Å². The van der Waals surface area contributed by atoms with Crippen LogP contribution in [0.15, 0.2) is 60.7 Å². The minimum atomic E-state index is -0.458. The average molecular weight is 491 g/mol. The molecule has 0 aromatic heterocycles. The fourth-order valence-corrected chi connectivity index (χ4v) is 4.90. The first-order chi connectivity index (χ1) is 17.6. The van der Waals surface area contributed by atoms with Crippen molar-refractivity contribution in [1.82, 2.24) is 4.90 Å². The minimum absolute atomic E-state index is 0.00978. The van der Waals surface area contributed by atoms with Gasteiger partial charge in [0, 0.05) is 61.9 Å². The van der Waals surface area contributed by atoms with Crippen molar-refractivity contribution < 1.29 is 28.8 Å². The molecule has 0 spiro atoms. The highest BCUT2D eigenvalue weighted by molar-refractivity contribution is 5.79. The molecule has 5 rings (SSSR count). The largest absolute Gasteiger partial charge is 0.507 e. The predicted molar refractivity (Wildman–Crippen MR) is 135 cm³/mol. The van der Waals surface area contributed by atoms with Crippen molar-refractivity contribution in [2.24, 2.45) is 0 Å². The van der Waals surface area contributed by atoms with Crippen molar-refractivity contribution in [2.45, 2.75) is 12.3 Å². The number of hydrogen-bond donors (Lipinski definition) is 1. The lowest BCUT2D eigenvalue weighted by Gasteiger charge is -2.37. The second kappa shape index (κ2) is 10.3. The molecule has 1 amide bonds. The van der Waals surface area contributed by atoms with E-state index in [0.717, 1.165) is 24.3 Å². The highest BCUT2D eigenvalue weighted by atomic mass is 16.7. The molecule has 8 nitrogen and oxygen atoms in total. The Hall–Kier alpha value is -4.07. The van der Waals surface area contributed by atoms with Crippen molar-refractivity contribution >= 4 is 11.6 Å². The molecule has 36 heavy (non-hydrogen) atoms. The molecular formula is C28H30N2O6. The quantitative estimate of drug-likeness (QED) is 0.536. The molecule has 0 bridgehead atoms. The van der Waals surface area contributed by atoms with Gasteiger partial charge in [0.05, 0.1) is 14.2 Å². The van der Waals surface area contributed by atoms with E-state index in [9.17, 15) is 9.90 Å². The summed E-state index contributed by atoms with van der Waals surface area (Å²) in [5, 5.41) is 11.0. The Labute approximate surface area is 210 Å². The number of phenolic OH excluding ortho intramolecular Hbond substituents is 1. The molecule has 1 fully saturated rings. The highest BCUT2D eigenvalue weighted by Crippen LogP contribution is 2.45. The number of hydrogen-bond acceptors (Lipinski definition) is 7. The van der Waals surface area contributed by atoms with E-state index in [2.05, 4.69) is 17.0 Å². The molecule has 2 aliphatic rings. The van der Waals surface area contributed by atoms with E-state index in [1.54, 1.807) is 19.2 Å². The number of benzene rings is 3. The van der Waals surface area contributed by atoms with Gasteiger partial charge in [-0.3, -0.25) is 4.79 Å². The highest BCUT2D eigenvalue weighted by Gasteiger charge is 2.30. The summed E-state index contributed by atoms with van der Waals surface area (Å²) < 4.78 is 22.0. The summed E-state index contributed by atoms with van der Waals surface area (Å²) in [6, 6.07) is 19.1. The molecule has 0 aliphatic carbocycles. The number of amides is 1. The normalized spacial score (nSPS) is 15.5. The molecule has 1 atom stereocenters. The zero-order chi connectivity index (χ0) is 25.1. The van der Waals surface area contributed by atoms with E-state index in [1.807, 2.05) is 41.3 Å². The fourth-order valence-electron chi connectivity index (χ4n) is 4.90. The van der Waals surface area contributed by atoms with Crippen LogP contribution in [0.5, 0.6) is 28.7 Å². The van der Waals surface area contributed by atoms with E-state index in [0.29, 0.717) is 41.7 Å². The number of piperazine rings is 1. The van der Waals surface area contributed by atoms with Crippen LogP contribution in [-0.4, -0.2) is 63.1 Å². The van der Waals surface area contributed by atoms with Crippen LogP contribution in [-0.2, 0) is 4.79 Å². The lowest BCUT2D eigenvalue weighted by Crippen LogP contribution is -2.49. The summed E-state index contributed by atoms with van der Waals surface area (Å²) in [4.78, 5) is 17.8. The number of ether oxygens (including phenoxy) is 4. The third-order valence-corrected chi connectivity index (χ3v) is 6.83. The van der Waals surface area contributed by atoms with Crippen LogP contribution >= 0.6 is 0 Å². The number of carbonyl (C=O) groups is 1. The zero-order valence-corrected chi connectivity index (χ0v) is 20.5. The molecule has 3 aromatic carbocycles. The number of fused-ring (bicyclic) bond motifs is 1. The predicted octanol–water partition coefficient (Wildman–Crippen LogP) is 4.01. The molecule has 1 saturated heterocycles. The Morgan fingerprint density at radius 2 is 1.69 bits per heavy atom. The van der Waals surface area contributed by atoms with Gasteiger partial charge in [0.2, 0.25) is 12.7 Å². The van der Waals surface area contributed by atoms with Crippen molar-refractivity contribution in [3.8, 4) is 28.7 Å². The standard InChI is InChI=1S/C28H30N2O6/c1-33-21-15-23(31)28(26(16-21)34-2)22(19-8-9-24-25(14-19)36-18-35-24)17-27(32)30-12-10-29(11-13-30)20-6-4-3-5-7-20/h3-9,14-16,22,31H,10-13,17-18H2,1-2H3/t22-/m1/s1. The molecule has 0 unspecified atom stereocenters. The SMILES string of the molecule is COc1cc(O)c([C@H](CC(=O)N2CCN(c3ccccc3)CC2)c2ccc3c(c2)OCO3)c(OC)c1. The first kappa shape index (κ1) is 23.7. The van der Waals surface area contributed by atoms with Crippen LogP contribution < -0.4 is 23.8 Å². The lowest BCUT2D eigenvalue weighted by atomic mass is 9.86. The molecule has 2 heterocycles. The van der Waals surface area contributed by atoms with Crippen LogP contribution in [0.25, 0.3) is 0 Å². The fraction of sp³-hybridized carbons (Fsp3) is 0.321. The maximum Gasteiger partial charge on any atom is 0.231 e. The van der Waals surface area contributed by atoms with Gasteiger partial charge in [0.15, 0.2) is 11.5 Å². The Bertz CT molecular complexity index is 1220. The first-order valence-electron chi connectivity index (χ1n) is 12.0. The topological polar surface area (TPSA) is 80.7 Å². The number of nitrogens with zero attached hydrogens (tertiary/aromatic N) is 2. The van der Waals surface area contributed by atoms with Crippen LogP contribution in [0.4, 0.5) is 5.69 Å². The van der Waals surface area contributed by atoms with E-state index in [1.165, 1.54) is 7.11 Å². The molecule has 3 aromatic rings. The first-order valence-corrected chi connectivity index (χ1v) is 12.0. The number of aromatic hydroxyl groups is 1. The van der Waals surface area contributed by atoms with Crippen molar-refractivity contribution in [3.05, 3.63) is 71.8 Å². The summed E-state index contributed by atoms with van der Waals surface area (Å²) in [6.07, 6.45) is 0.168. The maximum absolute atomic E-state index is 13.6. The number of methoxy groups -OCH3 is 2. The van der Waals surface area contributed by atoms with E-state index in [4.69, 9.17) is 18.9 Å². The molecule has 0 saturated carbocycles. The summed E-state index contributed by atoms with van der Waals surface area (Å²) in [5.41, 5.74) is 2.53. The number of anilines is 1. The van der Waals surface area contributed by atoms with Crippen LogP contribution in [0.2, 0.25) is 0 Å². The third kappa shape index (κ3) is 4.71. The van der Waals surface area contributed by atoms with Gasteiger partial charge in [0.25, 0.3) is 0 Å².